The Labute approximate surface area is 357 Å². The number of rotatable bonds is 11. The Morgan fingerprint density at radius 1 is 0.508 bits per heavy atom. The maximum absolute atomic E-state index is 12.0. The van der Waals surface area contributed by atoms with Gasteiger partial charge < -0.3 is 33.2 Å². The summed E-state index contributed by atoms with van der Waals surface area (Å²) in [6.45, 7) is 22.9. The number of carbonyl (C=O) groups is 11. The number of carbonyl (C=O) groups excluding carboxylic acids is 11. The molecule has 18 nitrogen and oxygen atoms in total. The van der Waals surface area contributed by atoms with Crippen LogP contribution in [-0.2, 0) is 85.9 Å². The molecule has 0 spiro atoms. The highest BCUT2D eigenvalue weighted by atomic mass is 16.6. The molecule has 4 aliphatic rings. The van der Waals surface area contributed by atoms with Gasteiger partial charge >= 0.3 is 65.7 Å². The smallest absolute Gasteiger partial charge is 0.355 e. The predicted octanol–water partition coefficient (Wildman–Crippen LogP) is 5.35. The molecule has 4 rings (SSSR count). The van der Waals surface area contributed by atoms with E-state index < -0.39 is 99.5 Å². The number of ether oxygens (including phenoxy) is 7. The van der Waals surface area contributed by atoms with Gasteiger partial charge in [0.25, 0.3) is 0 Å². The van der Waals surface area contributed by atoms with Crippen LogP contribution in [0.5, 0.6) is 0 Å². The van der Waals surface area contributed by atoms with E-state index in [1.807, 2.05) is 41.5 Å². The first kappa shape index (κ1) is 54.0. The summed E-state index contributed by atoms with van der Waals surface area (Å²) in [5.41, 5.74) is -2.33. The molecule has 1 saturated carbocycles. The second-order valence-corrected chi connectivity index (χ2v) is 17.7. The van der Waals surface area contributed by atoms with E-state index in [9.17, 15) is 52.7 Å². The van der Waals surface area contributed by atoms with Gasteiger partial charge in [-0.3, -0.25) is 43.2 Å². The summed E-state index contributed by atoms with van der Waals surface area (Å²) in [7, 11) is 0. The summed E-state index contributed by atoms with van der Waals surface area (Å²) >= 11 is 0. The third-order valence-corrected chi connectivity index (χ3v) is 11.3. The molecule has 0 radical (unpaired) electrons. The van der Waals surface area contributed by atoms with E-state index in [0.29, 0.717) is 44.9 Å². The van der Waals surface area contributed by atoms with Gasteiger partial charge in [-0.1, -0.05) is 27.7 Å². The zero-order valence-electron chi connectivity index (χ0n) is 37.8. The van der Waals surface area contributed by atoms with Crippen LogP contribution in [0.4, 0.5) is 0 Å². The van der Waals surface area contributed by atoms with Crippen LogP contribution >= 0.6 is 0 Å². The molecule has 344 valence electrons. The summed E-state index contributed by atoms with van der Waals surface area (Å²) in [4.78, 5) is 123. The quantitative estimate of drug-likeness (QED) is 0.144. The van der Waals surface area contributed by atoms with Crippen molar-refractivity contribution in [2.45, 2.75) is 173 Å². The molecule has 5 atom stereocenters. The minimum Gasteiger partial charge on any atom is -0.462 e. The van der Waals surface area contributed by atoms with Crippen LogP contribution in [0.2, 0.25) is 0 Å². The Morgan fingerprint density at radius 3 is 1.34 bits per heavy atom. The monoisotopic (exact) mass is 868 g/mol. The average molecular weight is 869 g/mol. The fourth-order valence-corrected chi connectivity index (χ4v) is 5.01. The number of cyclic esters (lactones) is 6. The topological polar surface area (TPSA) is 252 Å². The van der Waals surface area contributed by atoms with Crippen molar-refractivity contribution in [3.8, 4) is 0 Å². The Kier molecular flexibility index (Phi) is 20.1. The highest BCUT2D eigenvalue weighted by Crippen LogP contribution is 2.38. The van der Waals surface area contributed by atoms with Crippen LogP contribution in [0.25, 0.3) is 0 Å². The molecular weight excluding hydrogens is 804 g/mol. The van der Waals surface area contributed by atoms with Crippen molar-refractivity contribution in [2.75, 3.05) is 0 Å². The van der Waals surface area contributed by atoms with E-state index in [2.05, 4.69) is 18.9 Å². The zero-order valence-corrected chi connectivity index (χ0v) is 37.8. The summed E-state index contributed by atoms with van der Waals surface area (Å²) in [5, 5.41) is 0. The van der Waals surface area contributed by atoms with Crippen molar-refractivity contribution in [3.63, 3.8) is 0 Å². The molecule has 5 unspecified atom stereocenters. The van der Waals surface area contributed by atoms with E-state index >= 15 is 0 Å². The van der Waals surface area contributed by atoms with Crippen molar-refractivity contribution in [2.24, 2.45) is 33.5 Å². The summed E-state index contributed by atoms with van der Waals surface area (Å²) in [5.74, 6) is -6.56. The molecule has 3 aliphatic heterocycles. The van der Waals surface area contributed by atoms with Gasteiger partial charge in [0.1, 0.15) is 6.10 Å². The standard InChI is InChI=1S/C14H20O5.C11H16O5.C10H14O5.C8H14O3/c1-4-14(2,3)13(17)18-8-5-6-9-10(7-8)12(16)19-11(9)15;1-4-11(2,3)10(14)15-7-5-6-8(12)16-9(7)13;1-4-10(2,3)9(13)14-6-5-7(11)15-8(6)12;1-5-8(3,4)7(10)11-6(2)9/h8-10H,4-7H2,1-3H3;7H,4-6H2,1-3H3;6H,4-5H2,1-3H3;5H2,1-4H3. The van der Waals surface area contributed by atoms with E-state index in [4.69, 9.17) is 14.2 Å². The van der Waals surface area contributed by atoms with Crippen LogP contribution < -0.4 is 0 Å². The Balaban J connectivity index is 0.000000414. The molecule has 0 aromatic rings. The summed E-state index contributed by atoms with van der Waals surface area (Å²) in [6.07, 6.45) is 2.03. The second kappa shape index (κ2) is 22.7. The lowest BCUT2D eigenvalue weighted by Crippen LogP contribution is -2.39. The van der Waals surface area contributed by atoms with E-state index in [0.717, 1.165) is 0 Å². The lowest BCUT2D eigenvalue weighted by molar-refractivity contribution is -0.183. The first-order valence-corrected chi connectivity index (χ1v) is 20.6. The zero-order chi connectivity index (χ0) is 47.3. The third-order valence-electron chi connectivity index (χ3n) is 11.3. The van der Waals surface area contributed by atoms with Crippen molar-refractivity contribution in [3.05, 3.63) is 0 Å². The molecule has 3 saturated heterocycles. The van der Waals surface area contributed by atoms with Gasteiger partial charge in [0, 0.05) is 13.3 Å². The van der Waals surface area contributed by atoms with Gasteiger partial charge in [0.15, 0.2) is 6.10 Å². The molecule has 4 fully saturated rings. The first-order chi connectivity index (χ1) is 28.0. The average Bonchev–Trinajstić information content (AvgIpc) is 3.66. The van der Waals surface area contributed by atoms with Crippen LogP contribution in [0.15, 0.2) is 0 Å². The minimum atomic E-state index is -1.06. The van der Waals surface area contributed by atoms with Gasteiger partial charge in [-0.2, -0.15) is 0 Å². The lowest BCUT2D eigenvalue weighted by Gasteiger charge is -2.30. The summed E-state index contributed by atoms with van der Waals surface area (Å²) < 4.78 is 33.2. The molecule has 0 amide bonds. The van der Waals surface area contributed by atoms with E-state index in [-0.39, 0.29) is 37.3 Å². The number of hydrogen-bond donors (Lipinski definition) is 0. The van der Waals surface area contributed by atoms with Gasteiger partial charge in [0.2, 0.25) is 6.10 Å². The molecule has 0 bridgehead atoms. The third kappa shape index (κ3) is 16.4. The highest BCUT2D eigenvalue weighted by Gasteiger charge is 2.49. The number of hydrogen-bond acceptors (Lipinski definition) is 18. The van der Waals surface area contributed by atoms with Crippen LogP contribution in [0.1, 0.15) is 154 Å². The highest BCUT2D eigenvalue weighted by molar-refractivity contribution is 5.98. The molecular formula is C43H64O18. The Hall–Kier alpha value is -5.03. The van der Waals surface area contributed by atoms with Crippen LogP contribution in [0.3, 0.4) is 0 Å². The van der Waals surface area contributed by atoms with E-state index in [1.54, 1.807) is 41.5 Å². The fourth-order valence-electron chi connectivity index (χ4n) is 5.01. The minimum absolute atomic E-state index is 0.107. The van der Waals surface area contributed by atoms with Crippen molar-refractivity contribution < 1.29 is 85.9 Å². The van der Waals surface area contributed by atoms with Gasteiger partial charge in [-0.15, -0.1) is 0 Å². The van der Waals surface area contributed by atoms with Gasteiger partial charge in [-0.25, -0.2) is 9.59 Å². The van der Waals surface area contributed by atoms with Crippen molar-refractivity contribution in [1.29, 1.82) is 0 Å². The fraction of sp³-hybridized carbons (Fsp3) is 0.744. The predicted molar refractivity (Wildman–Crippen MR) is 211 cm³/mol. The van der Waals surface area contributed by atoms with E-state index in [1.165, 1.54) is 6.92 Å². The molecule has 0 aromatic heterocycles. The molecule has 0 aromatic carbocycles. The van der Waals surface area contributed by atoms with Gasteiger partial charge in [-0.05, 0) is 100 Å². The van der Waals surface area contributed by atoms with Crippen LogP contribution in [0, 0.1) is 33.5 Å². The van der Waals surface area contributed by atoms with Crippen molar-refractivity contribution >= 4 is 65.7 Å². The molecule has 18 heteroatoms. The maximum Gasteiger partial charge on any atom is 0.355 e. The molecule has 61 heavy (non-hydrogen) atoms. The van der Waals surface area contributed by atoms with Crippen LogP contribution in [-0.4, -0.2) is 84.0 Å². The Bertz CT molecular complexity index is 1680. The number of fused-ring (bicyclic) bond motifs is 1. The van der Waals surface area contributed by atoms with Crippen molar-refractivity contribution in [1.82, 2.24) is 0 Å². The largest absolute Gasteiger partial charge is 0.462 e. The molecule has 0 N–H and O–H groups in total. The SMILES string of the molecule is CCC(C)(C)C(=O)OC(C)=O.CCC(C)(C)C(=O)OC1CC(=O)OC1=O.CCC(C)(C)C(=O)OC1CCC(=O)OC1=O.CCC(C)(C)C(=O)OC1CCC2C(=O)OC(=O)C2C1. The number of esters is 11. The van der Waals surface area contributed by atoms with Gasteiger partial charge in [0.05, 0.1) is 46.3 Å². The maximum atomic E-state index is 12.0. The molecule has 3 heterocycles. The second-order valence-electron chi connectivity index (χ2n) is 17.7. The normalized spacial score (nSPS) is 22.5. The lowest BCUT2D eigenvalue weighted by atomic mass is 9.79. The Morgan fingerprint density at radius 2 is 0.918 bits per heavy atom. The molecule has 1 aliphatic carbocycles. The summed E-state index contributed by atoms with van der Waals surface area (Å²) in [6, 6.07) is 0. The first-order valence-electron chi connectivity index (χ1n) is 20.6.